The van der Waals surface area contributed by atoms with Crippen LogP contribution in [0.1, 0.15) is 5.56 Å². The molecule has 1 aliphatic rings. The third kappa shape index (κ3) is 3.80. The molecule has 0 saturated carbocycles. The number of thioether (sulfide) groups is 1. The van der Waals surface area contributed by atoms with Crippen LogP contribution in [0.3, 0.4) is 0 Å². The van der Waals surface area contributed by atoms with E-state index in [1.807, 2.05) is 18.2 Å². The zero-order chi connectivity index (χ0) is 15.6. The first-order valence-electron chi connectivity index (χ1n) is 5.87. The van der Waals surface area contributed by atoms with Gasteiger partial charge in [0, 0.05) is 15.7 Å². The molecule has 1 aromatic rings. The number of hydrogen-bond donors (Lipinski definition) is 0. The first kappa shape index (κ1) is 17.2. The lowest BCUT2D eigenvalue weighted by Gasteiger charge is -2.11. The third-order valence-corrected chi connectivity index (χ3v) is 5.51. The number of halogens is 2. The fourth-order valence-electron chi connectivity index (χ4n) is 1.83. The number of carbonyl (C=O) groups excluding carboxylic acids is 1. The van der Waals surface area contributed by atoms with Crippen LogP contribution in [0.5, 0.6) is 5.75 Å². The summed E-state index contributed by atoms with van der Waals surface area (Å²) in [6.45, 7) is 4.08. The molecule has 2 rings (SSSR count). The Balaban J connectivity index is 2.43. The van der Waals surface area contributed by atoms with Crippen LogP contribution in [-0.4, -0.2) is 28.8 Å². The zero-order valence-corrected chi connectivity index (χ0v) is 17.0. The van der Waals surface area contributed by atoms with Gasteiger partial charge in [-0.1, -0.05) is 30.1 Å². The first-order chi connectivity index (χ1) is 9.97. The molecule has 1 saturated heterocycles. The fraction of sp³-hybridized carbons (Fsp3) is 0.143. The van der Waals surface area contributed by atoms with Crippen LogP contribution in [-0.2, 0) is 4.79 Å². The lowest BCUT2D eigenvalue weighted by molar-refractivity contribution is -0.121. The van der Waals surface area contributed by atoms with Crippen molar-refractivity contribution in [2.45, 2.75) is 0 Å². The summed E-state index contributed by atoms with van der Waals surface area (Å²) in [6.07, 6.45) is 3.51. The predicted octanol–water partition coefficient (Wildman–Crippen LogP) is 4.29. The summed E-state index contributed by atoms with van der Waals surface area (Å²) in [5, 5.41) is 0. The summed E-state index contributed by atoms with van der Waals surface area (Å²) >= 11 is 11.0. The maximum atomic E-state index is 12.3. The summed E-state index contributed by atoms with van der Waals surface area (Å²) in [5.74, 6) is 0.686. The molecule has 1 aromatic carbocycles. The summed E-state index contributed by atoms with van der Waals surface area (Å²) in [7, 11) is 1.63. The number of ether oxygens (including phenoxy) is 1. The highest BCUT2D eigenvalue weighted by molar-refractivity contribution is 14.1. The number of benzene rings is 1. The molecule has 0 N–H and O–H groups in total. The number of nitrogens with zero attached hydrogens (tertiary/aromatic N) is 1. The van der Waals surface area contributed by atoms with E-state index in [-0.39, 0.29) is 5.91 Å². The van der Waals surface area contributed by atoms with E-state index in [9.17, 15) is 4.79 Å². The van der Waals surface area contributed by atoms with Gasteiger partial charge < -0.3 is 4.74 Å². The second-order valence-electron chi connectivity index (χ2n) is 4.09. The normalized spacial score (nSPS) is 16.7. The molecule has 1 heterocycles. The Labute approximate surface area is 160 Å². The average molecular weight is 543 g/mol. The summed E-state index contributed by atoms with van der Waals surface area (Å²) in [6, 6.07) is 4.02. The Bertz CT molecular complexity index is 659. The monoisotopic (exact) mass is 543 g/mol. The standard InChI is InChI=1S/C14H11I2NO2S2/c1-3-4-17-13(18)11(21-14(17)20)6-8-5-9(15)7-10(16)12(8)19-2/h3,5-7H,1,4H2,2H3. The molecule has 21 heavy (non-hydrogen) atoms. The molecule has 0 radical (unpaired) electrons. The smallest absolute Gasteiger partial charge is 0.266 e. The molecule has 0 unspecified atom stereocenters. The van der Waals surface area contributed by atoms with Crippen molar-refractivity contribution < 1.29 is 9.53 Å². The first-order valence-corrected chi connectivity index (χ1v) is 9.25. The Hall–Kier alpha value is -0.130. The Kier molecular flexibility index (Phi) is 6.09. The van der Waals surface area contributed by atoms with E-state index in [0.717, 1.165) is 18.5 Å². The number of hydrogen-bond acceptors (Lipinski definition) is 4. The van der Waals surface area contributed by atoms with Crippen molar-refractivity contribution in [1.29, 1.82) is 0 Å². The quantitative estimate of drug-likeness (QED) is 0.246. The van der Waals surface area contributed by atoms with Crippen LogP contribution < -0.4 is 4.74 Å². The molecule has 0 atom stereocenters. The van der Waals surface area contributed by atoms with Gasteiger partial charge in [-0.15, -0.1) is 6.58 Å². The van der Waals surface area contributed by atoms with Crippen molar-refractivity contribution in [2.24, 2.45) is 0 Å². The fourth-order valence-corrected chi connectivity index (χ4v) is 5.21. The van der Waals surface area contributed by atoms with Gasteiger partial charge >= 0.3 is 0 Å². The zero-order valence-electron chi connectivity index (χ0n) is 11.1. The maximum Gasteiger partial charge on any atom is 0.266 e. The van der Waals surface area contributed by atoms with E-state index in [2.05, 4.69) is 51.8 Å². The van der Waals surface area contributed by atoms with Crippen LogP contribution in [0.4, 0.5) is 0 Å². The topological polar surface area (TPSA) is 29.5 Å². The van der Waals surface area contributed by atoms with Crippen molar-refractivity contribution in [3.8, 4) is 5.75 Å². The van der Waals surface area contributed by atoms with Gasteiger partial charge in [-0.3, -0.25) is 9.69 Å². The van der Waals surface area contributed by atoms with Gasteiger partial charge in [0.15, 0.2) is 0 Å². The van der Waals surface area contributed by atoms with Crippen molar-refractivity contribution in [1.82, 2.24) is 4.90 Å². The summed E-state index contributed by atoms with van der Waals surface area (Å²) in [5.41, 5.74) is 0.882. The number of rotatable bonds is 4. The maximum absolute atomic E-state index is 12.3. The minimum absolute atomic E-state index is 0.0826. The number of carbonyl (C=O) groups is 1. The highest BCUT2D eigenvalue weighted by Gasteiger charge is 2.31. The van der Waals surface area contributed by atoms with Crippen LogP contribution in [0.2, 0.25) is 0 Å². The largest absolute Gasteiger partial charge is 0.495 e. The van der Waals surface area contributed by atoms with Crippen LogP contribution in [0.15, 0.2) is 29.7 Å². The molecule has 1 amide bonds. The minimum atomic E-state index is -0.0826. The van der Waals surface area contributed by atoms with Crippen molar-refractivity contribution >= 4 is 85.5 Å². The van der Waals surface area contributed by atoms with E-state index >= 15 is 0 Å². The lowest BCUT2D eigenvalue weighted by Crippen LogP contribution is -2.27. The number of methoxy groups -OCH3 is 1. The molecule has 1 aliphatic heterocycles. The van der Waals surface area contributed by atoms with Crippen molar-refractivity contribution in [3.63, 3.8) is 0 Å². The van der Waals surface area contributed by atoms with Gasteiger partial charge in [0.05, 0.1) is 15.6 Å². The van der Waals surface area contributed by atoms with Gasteiger partial charge in [0.2, 0.25) is 0 Å². The molecule has 0 aromatic heterocycles. The minimum Gasteiger partial charge on any atom is -0.495 e. The van der Waals surface area contributed by atoms with Crippen molar-refractivity contribution in [3.05, 3.63) is 42.4 Å². The SMILES string of the molecule is C=CCN1C(=O)C(=Cc2cc(I)cc(I)c2OC)SC1=S. The predicted molar refractivity (Wildman–Crippen MR) is 109 cm³/mol. The van der Waals surface area contributed by atoms with Crippen LogP contribution in [0.25, 0.3) is 6.08 Å². The van der Waals surface area contributed by atoms with E-state index in [1.165, 1.54) is 11.8 Å². The molecule has 110 valence electrons. The lowest BCUT2D eigenvalue weighted by atomic mass is 10.2. The Morgan fingerprint density at radius 1 is 1.48 bits per heavy atom. The summed E-state index contributed by atoms with van der Waals surface area (Å²) < 4.78 is 8.10. The average Bonchev–Trinajstić information content (AvgIpc) is 2.66. The van der Waals surface area contributed by atoms with Gasteiger partial charge in [0.25, 0.3) is 5.91 Å². The summed E-state index contributed by atoms with van der Waals surface area (Å²) in [4.78, 5) is 14.5. The molecule has 0 bridgehead atoms. The second kappa shape index (κ2) is 7.42. The van der Waals surface area contributed by atoms with Crippen LogP contribution in [0, 0.1) is 7.14 Å². The van der Waals surface area contributed by atoms with E-state index in [0.29, 0.717) is 15.8 Å². The van der Waals surface area contributed by atoms with Crippen LogP contribution >= 0.6 is 69.2 Å². The molecule has 1 fully saturated rings. The number of thiocarbonyl (C=S) groups is 1. The van der Waals surface area contributed by atoms with E-state index in [1.54, 1.807) is 18.1 Å². The van der Waals surface area contributed by atoms with E-state index < -0.39 is 0 Å². The molecule has 3 nitrogen and oxygen atoms in total. The number of amides is 1. The van der Waals surface area contributed by atoms with Crippen molar-refractivity contribution in [2.75, 3.05) is 13.7 Å². The highest BCUT2D eigenvalue weighted by Crippen LogP contribution is 2.36. The Morgan fingerprint density at radius 3 is 2.81 bits per heavy atom. The van der Waals surface area contributed by atoms with Gasteiger partial charge in [-0.05, 0) is 63.4 Å². The molecule has 7 heteroatoms. The molecular formula is C14H11I2NO2S2. The van der Waals surface area contributed by atoms with Gasteiger partial charge in [0.1, 0.15) is 10.1 Å². The highest BCUT2D eigenvalue weighted by atomic mass is 127. The second-order valence-corrected chi connectivity index (χ2v) is 8.17. The molecular weight excluding hydrogens is 532 g/mol. The van der Waals surface area contributed by atoms with Gasteiger partial charge in [-0.25, -0.2) is 0 Å². The third-order valence-electron chi connectivity index (χ3n) is 2.71. The Morgan fingerprint density at radius 2 is 2.19 bits per heavy atom. The molecule has 0 aliphatic carbocycles. The van der Waals surface area contributed by atoms with E-state index in [4.69, 9.17) is 17.0 Å². The molecule has 0 spiro atoms. The van der Waals surface area contributed by atoms with Gasteiger partial charge in [-0.2, -0.15) is 0 Å².